The third-order valence-corrected chi connectivity index (χ3v) is 3.20. The number of hydrogen-bond acceptors (Lipinski definition) is 4. The van der Waals surface area contributed by atoms with Crippen LogP contribution in [0, 0.1) is 0 Å². The third-order valence-electron chi connectivity index (χ3n) is 3.20. The molecule has 1 aliphatic rings. The van der Waals surface area contributed by atoms with Crippen LogP contribution in [0.15, 0.2) is 24.3 Å². The molecule has 1 aromatic rings. The Morgan fingerprint density at radius 1 is 1.58 bits per heavy atom. The summed E-state index contributed by atoms with van der Waals surface area (Å²) in [5, 5.41) is 12.8. The van der Waals surface area contributed by atoms with Crippen LogP contribution in [0.25, 0.3) is 0 Å². The fraction of sp³-hybridized carbons (Fsp3) is 0.500. The van der Waals surface area contributed by atoms with E-state index in [1.54, 1.807) is 7.11 Å². The highest BCUT2D eigenvalue weighted by Gasteiger charge is 2.32. The molecule has 0 saturated carbocycles. The number of amides is 1. The molecule has 5 heteroatoms. The zero-order chi connectivity index (χ0) is 13.7. The summed E-state index contributed by atoms with van der Waals surface area (Å²) < 4.78 is 10.2. The van der Waals surface area contributed by atoms with E-state index in [1.165, 1.54) is 0 Å². The van der Waals surface area contributed by atoms with Crippen LogP contribution in [0.4, 0.5) is 0 Å². The normalized spacial score (nSPS) is 22.2. The summed E-state index contributed by atoms with van der Waals surface area (Å²) in [6.45, 7) is 1.06. The molecule has 1 saturated heterocycles. The van der Waals surface area contributed by atoms with E-state index in [0.29, 0.717) is 13.0 Å². The number of nitrogens with one attached hydrogen (secondary N) is 1. The van der Waals surface area contributed by atoms with Gasteiger partial charge in [-0.1, -0.05) is 12.1 Å². The van der Waals surface area contributed by atoms with Crippen LogP contribution in [-0.2, 0) is 16.0 Å². The number of aliphatic hydroxyl groups is 1. The highest BCUT2D eigenvalue weighted by atomic mass is 16.5. The first-order chi connectivity index (χ1) is 9.11. The number of methoxy groups -OCH3 is 1. The van der Waals surface area contributed by atoms with Crippen LogP contribution in [0.1, 0.15) is 12.0 Å². The fourth-order valence-corrected chi connectivity index (χ4v) is 2.03. The second kappa shape index (κ2) is 6.04. The van der Waals surface area contributed by atoms with Gasteiger partial charge in [0.2, 0.25) is 5.91 Å². The Morgan fingerprint density at radius 2 is 2.42 bits per heavy atom. The lowest BCUT2D eigenvalue weighted by atomic mass is 10.0. The SMILES string of the molecule is COc1cccc(CC(=O)NCC2(O)CCOC2)c1. The lowest BCUT2D eigenvalue weighted by Gasteiger charge is -2.20. The molecule has 1 amide bonds. The Hall–Kier alpha value is -1.59. The molecule has 1 fully saturated rings. The molecule has 104 valence electrons. The van der Waals surface area contributed by atoms with Crippen molar-refractivity contribution in [2.24, 2.45) is 0 Å². The maximum atomic E-state index is 11.8. The highest BCUT2D eigenvalue weighted by molar-refractivity contribution is 5.78. The van der Waals surface area contributed by atoms with Crippen molar-refractivity contribution in [3.63, 3.8) is 0 Å². The summed E-state index contributed by atoms with van der Waals surface area (Å²) in [4.78, 5) is 11.8. The van der Waals surface area contributed by atoms with Crippen molar-refractivity contribution in [1.29, 1.82) is 0 Å². The Morgan fingerprint density at radius 3 is 3.11 bits per heavy atom. The molecule has 2 N–H and O–H groups in total. The molecular weight excluding hydrogens is 246 g/mol. The van der Waals surface area contributed by atoms with E-state index in [-0.39, 0.29) is 25.5 Å². The molecule has 0 radical (unpaired) electrons. The first-order valence-corrected chi connectivity index (χ1v) is 6.31. The van der Waals surface area contributed by atoms with E-state index >= 15 is 0 Å². The molecule has 0 aromatic heterocycles. The van der Waals surface area contributed by atoms with Gasteiger partial charge in [-0.2, -0.15) is 0 Å². The molecular formula is C14H19NO4. The molecule has 0 bridgehead atoms. The standard InChI is InChI=1S/C14H19NO4/c1-18-12-4-2-3-11(7-12)8-13(16)15-9-14(17)5-6-19-10-14/h2-4,7,17H,5-6,8-10H2,1H3,(H,15,16). The van der Waals surface area contributed by atoms with Crippen LogP contribution < -0.4 is 10.1 Å². The van der Waals surface area contributed by atoms with Gasteiger partial charge in [0.25, 0.3) is 0 Å². The summed E-state index contributed by atoms with van der Waals surface area (Å²) >= 11 is 0. The van der Waals surface area contributed by atoms with Crippen molar-refractivity contribution in [3.8, 4) is 5.75 Å². The van der Waals surface area contributed by atoms with Gasteiger partial charge in [0.15, 0.2) is 0 Å². The molecule has 5 nitrogen and oxygen atoms in total. The van der Waals surface area contributed by atoms with Gasteiger partial charge in [-0.25, -0.2) is 0 Å². The van der Waals surface area contributed by atoms with Crippen LogP contribution in [0.3, 0.4) is 0 Å². The average Bonchev–Trinajstić information content (AvgIpc) is 2.84. The van der Waals surface area contributed by atoms with Crippen molar-refractivity contribution in [2.45, 2.75) is 18.4 Å². The van der Waals surface area contributed by atoms with Gasteiger partial charge in [-0.05, 0) is 17.7 Å². The fourth-order valence-electron chi connectivity index (χ4n) is 2.03. The molecule has 1 heterocycles. The number of carbonyl (C=O) groups is 1. The molecule has 0 spiro atoms. The van der Waals surface area contributed by atoms with E-state index in [0.717, 1.165) is 11.3 Å². The Labute approximate surface area is 112 Å². The van der Waals surface area contributed by atoms with E-state index in [4.69, 9.17) is 9.47 Å². The average molecular weight is 265 g/mol. The third kappa shape index (κ3) is 3.94. The minimum Gasteiger partial charge on any atom is -0.497 e. The molecule has 1 aliphatic heterocycles. The number of rotatable bonds is 5. The van der Waals surface area contributed by atoms with E-state index in [9.17, 15) is 9.90 Å². The Balaban J connectivity index is 1.83. The lowest BCUT2D eigenvalue weighted by molar-refractivity contribution is -0.121. The van der Waals surface area contributed by atoms with Crippen molar-refractivity contribution in [3.05, 3.63) is 29.8 Å². The zero-order valence-corrected chi connectivity index (χ0v) is 11.0. The summed E-state index contributed by atoms with van der Waals surface area (Å²) in [5.41, 5.74) is -0.0316. The minimum atomic E-state index is -0.913. The van der Waals surface area contributed by atoms with Gasteiger partial charge in [-0.15, -0.1) is 0 Å². The molecule has 1 atom stereocenters. The first kappa shape index (κ1) is 13.8. The number of hydrogen-bond donors (Lipinski definition) is 2. The van der Waals surface area contributed by atoms with Gasteiger partial charge in [0.1, 0.15) is 11.4 Å². The number of carbonyl (C=O) groups excluding carboxylic acids is 1. The highest BCUT2D eigenvalue weighted by Crippen LogP contribution is 2.17. The van der Waals surface area contributed by atoms with Crippen molar-refractivity contribution in [1.82, 2.24) is 5.32 Å². The van der Waals surface area contributed by atoms with E-state index in [2.05, 4.69) is 5.32 Å². The predicted octanol–water partition coefficient (Wildman–Crippen LogP) is 0.505. The molecule has 19 heavy (non-hydrogen) atoms. The summed E-state index contributed by atoms with van der Waals surface area (Å²) in [7, 11) is 1.59. The minimum absolute atomic E-state index is 0.117. The Bertz CT molecular complexity index is 441. The molecule has 1 aromatic carbocycles. The van der Waals surface area contributed by atoms with Gasteiger partial charge in [0.05, 0.1) is 20.1 Å². The van der Waals surface area contributed by atoms with Gasteiger partial charge >= 0.3 is 0 Å². The second-order valence-electron chi connectivity index (χ2n) is 4.83. The molecule has 0 aliphatic carbocycles. The van der Waals surface area contributed by atoms with Gasteiger partial charge < -0.3 is 19.9 Å². The smallest absolute Gasteiger partial charge is 0.224 e. The first-order valence-electron chi connectivity index (χ1n) is 6.31. The van der Waals surface area contributed by atoms with Crippen LogP contribution >= 0.6 is 0 Å². The summed E-state index contributed by atoms with van der Waals surface area (Å²) in [6, 6.07) is 7.38. The zero-order valence-electron chi connectivity index (χ0n) is 11.0. The molecule has 2 rings (SSSR count). The van der Waals surface area contributed by atoms with Crippen LogP contribution in [0.5, 0.6) is 5.75 Å². The van der Waals surface area contributed by atoms with Crippen molar-refractivity contribution >= 4 is 5.91 Å². The number of ether oxygens (including phenoxy) is 2. The summed E-state index contributed by atoms with van der Waals surface area (Å²) in [6.07, 6.45) is 0.834. The molecule has 1 unspecified atom stereocenters. The maximum absolute atomic E-state index is 11.8. The van der Waals surface area contributed by atoms with Crippen molar-refractivity contribution < 1.29 is 19.4 Å². The van der Waals surface area contributed by atoms with Crippen LogP contribution in [0.2, 0.25) is 0 Å². The van der Waals surface area contributed by atoms with Gasteiger partial charge in [-0.3, -0.25) is 4.79 Å². The maximum Gasteiger partial charge on any atom is 0.224 e. The van der Waals surface area contributed by atoms with Crippen molar-refractivity contribution in [2.75, 3.05) is 26.9 Å². The second-order valence-corrected chi connectivity index (χ2v) is 4.83. The van der Waals surface area contributed by atoms with Gasteiger partial charge in [0, 0.05) is 19.6 Å². The summed E-state index contributed by atoms with van der Waals surface area (Å²) in [5.74, 6) is 0.613. The number of benzene rings is 1. The largest absolute Gasteiger partial charge is 0.497 e. The quantitative estimate of drug-likeness (QED) is 0.814. The predicted molar refractivity (Wildman–Crippen MR) is 70.1 cm³/mol. The topological polar surface area (TPSA) is 67.8 Å². The van der Waals surface area contributed by atoms with E-state index < -0.39 is 5.60 Å². The monoisotopic (exact) mass is 265 g/mol. The lowest BCUT2D eigenvalue weighted by Crippen LogP contribution is -2.43. The Kier molecular flexibility index (Phi) is 4.39. The van der Waals surface area contributed by atoms with Crippen LogP contribution in [-0.4, -0.2) is 43.5 Å². The van der Waals surface area contributed by atoms with E-state index in [1.807, 2.05) is 24.3 Å².